The maximum Gasteiger partial charge on any atom is 0.273 e. The molecule has 0 saturated carbocycles. The number of fused-ring (bicyclic) bond motifs is 1. The van der Waals surface area contributed by atoms with E-state index in [0.29, 0.717) is 22.1 Å². The number of hydrogen-bond acceptors (Lipinski definition) is 8. The minimum atomic E-state index is -0.754. The average Bonchev–Trinajstić information content (AvgIpc) is 2.75. The van der Waals surface area contributed by atoms with Gasteiger partial charge in [-0.15, -0.1) is 10.2 Å². The van der Waals surface area contributed by atoms with Crippen LogP contribution in [-0.2, 0) is 13.0 Å². The molecule has 0 unspecified atom stereocenters. The van der Waals surface area contributed by atoms with E-state index in [1.165, 1.54) is 11.1 Å². The maximum absolute atomic E-state index is 11.8. The van der Waals surface area contributed by atoms with Crippen LogP contribution >= 0.6 is 11.6 Å². The van der Waals surface area contributed by atoms with Crippen LogP contribution in [0.4, 0.5) is 23.1 Å². The average molecular weight is 440 g/mol. The van der Waals surface area contributed by atoms with Crippen molar-refractivity contribution in [2.45, 2.75) is 13.0 Å². The fourth-order valence-electron chi connectivity index (χ4n) is 3.44. The summed E-state index contributed by atoms with van der Waals surface area (Å²) in [5.41, 5.74) is 9.07. The number of nitrogens with two attached hydrogens (primary N) is 1. The molecule has 0 radical (unpaired) electrons. The topological polar surface area (TPSA) is 118 Å². The summed E-state index contributed by atoms with van der Waals surface area (Å²) < 4.78 is 5.55. The number of ether oxygens (including phenoxy) is 1. The first-order valence-corrected chi connectivity index (χ1v) is 10.0. The zero-order chi connectivity index (χ0) is 22.0. The molecule has 4 N–H and O–H groups in total. The van der Waals surface area contributed by atoms with E-state index in [2.05, 4.69) is 37.8 Å². The van der Waals surface area contributed by atoms with E-state index in [0.717, 1.165) is 19.5 Å². The predicted octanol–water partition coefficient (Wildman–Crippen LogP) is 3.11. The van der Waals surface area contributed by atoms with Gasteiger partial charge in [0.25, 0.3) is 5.91 Å². The number of aromatic nitrogens is 3. The zero-order valence-corrected chi connectivity index (χ0v) is 17.9. The molecular formula is C21H22ClN7O2. The fraction of sp³-hybridized carbons (Fsp3) is 0.238. The van der Waals surface area contributed by atoms with Crippen molar-refractivity contribution >= 4 is 40.6 Å². The highest BCUT2D eigenvalue weighted by molar-refractivity contribution is 6.33. The molecule has 0 saturated heterocycles. The van der Waals surface area contributed by atoms with Crippen LogP contribution < -0.4 is 21.1 Å². The molecule has 2 aromatic carbocycles. The molecule has 0 fully saturated rings. The molecule has 1 amide bonds. The van der Waals surface area contributed by atoms with E-state index in [1.54, 1.807) is 31.4 Å². The second-order valence-electron chi connectivity index (χ2n) is 7.24. The largest absolute Gasteiger partial charge is 0.495 e. The van der Waals surface area contributed by atoms with Crippen molar-refractivity contribution in [2.75, 3.05) is 31.3 Å². The molecule has 0 atom stereocenters. The summed E-state index contributed by atoms with van der Waals surface area (Å²) in [6, 6.07) is 11.1. The minimum absolute atomic E-state index is 0.0931. The molecule has 3 aromatic rings. The molecule has 1 aliphatic rings. The summed E-state index contributed by atoms with van der Waals surface area (Å²) in [7, 11) is 3.70. The maximum atomic E-state index is 11.8. The molecule has 0 spiro atoms. The van der Waals surface area contributed by atoms with Gasteiger partial charge in [-0.05, 0) is 48.9 Å². The number of rotatable bonds is 6. The van der Waals surface area contributed by atoms with Crippen LogP contribution in [0, 0.1) is 0 Å². The minimum Gasteiger partial charge on any atom is -0.495 e. The lowest BCUT2D eigenvalue weighted by molar-refractivity contribution is 0.0995. The van der Waals surface area contributed by atoms with Gasteiger partial charge in [0.15, 0.2) is 11.5 Å². The molecule has 4 rings (SSSR count). The lowest BCUT2D eigenvalue weighted by Gasteiger charge is -2.26. The Balaban J connectivity index is 1.68. The summed E-state index contributed by atoms with van der Waals surface area (Å²) in [4.78, 5) is 18.5. The number of amides is 1. The van der Waals surface area contributed by atoms with Crippen molar-refractivity contribution in [3.63, 3.8) is 0 Å². The van der Waals surface area contributed by atoms with E-state index in [-0.39, 0.29) is 17.5 Å². The Morgan fingerprint density at radius 1 is 1.16 bits per heavy atom. The normalized spacial score (nSPS) is 13.4. The number of hydrogen-bond donors (Lipinski definition) is 3. The van der Waals surface area contributed by atoms with E-state index in [1.807, 2.05) is 12.1 Å². The number of carbonyl (C=O) groups is 1. The second kappa shape index (κ2) is 8.75. The highest BCUT2D eigenvalue weighted by atomic mass is 35.5. The van der Waals surface area contributed by atoms with Gasteiger partial charge < -0.3 is 26.0 Å². The zero-order valence-electron chi connectivity index (χ0n) is 17.1. The van der Waals surface area contributed by atoms with Crippen LogP contribution in [0.15, 0.2) is 36.4 Å². The van der Waals surface area contributed by atoms with Crippen molar-refractivity contribution in [2.24, 2.45) is 5.73 Å². The summed E-state index contributed by atoms with van der Waals surface area (Å²) >= 11 is 6.22. The Labute approximate surface area is 184 Å². The third-order valence-electron chi connectivity index (χ3n) is 5.02. The monoisotopic (exact) mass is 439 g/mol. The Morgan fingerprint density at radius 3 is 2.71 bits per heavy atom. The van der Waals surface area contributed by atoms with Crippen molar-refractivity contribution < 1.29 is 9.53 Å². The molecule has 1 aliphatic heterocycles. The first kappa shape index (κ1) is 20.8. The Kier molecular flexibility index (Phi) is 5.88. The highest BCUT2D eigenvalue weighted by Gasteiger charge is 2.19. The number of primary amides is 1. The van der Waals surface area contributed by atoms with Crippen LogP contribution in [-0.4, -0.2) is 46.7 Å². The third-order valence-corrected chi connectivity index (χ3v) is 5.35. The van der Waals surface area contributed by atoms with Gasteiger partial charge in [0, 0.05) is 13.1 Å². The number of halogens is 1. The molecule has 9 nitrogen and oxygen atoms in total. The van der Waals surface area contributed by atoms with Crippen LogP contribution in [0.3, 0.4) is 0 Å². The van der Waals surface area contributed by atoms with Crippen LogP contribution in [0.25, 0.3) is 0 Å². The van der Waals surface area contributed by atoms with Gasteiger partial charge in [-0.1, -0.05) is 23.7 Å². The van der Waals surface area contributed by atoms with E-state index in [9.17, 15) is 4.79 Å². The Morgan fingerprint density at radius 2 is 1.97 bits per heavy atom. The number of methoxy groups -OCH3 is 1. The van der Waals surface area contributed by atoms with Crippen molar-refractivity contribution in [1.82, 2.24) is 20.1 Å². The van der Waals surface area contributed by atoms with Gasteiger partial charge in [-0.25, -0.2) is 0 Å². The van der Waals surface area contributed by atoms with E-state index < -0.39 is 5.91 Å². The first-order valence-electron chi connectivity index (χ1n) is 9.66. The van der Waals surface area contributed by atoms with Gasteiger partial charge in [-0.2, -0.15) is 4.98 Å². The third kappa shape index (κ3) is 4.52. The highest BCUT2D eigenvalue weighted by Crippen LogP contribution is 2.33. The number of nitrogens with one attached hydrogen (secondary N) is 2. The molecular weight excluding hydrogens is 418 g/mol. The molecule has 0 aliphatic carbocycles. The van der Waals surface area contributed by atoms with Gasteiger partial charge in [0.2, 0.25) is 5.95 Å². The standard InChI is InChI=1S/C21H22ClN7O2/c1-29-8-7-12-10-17(31-2)16(9-13(12)11-29)25-21-26-20(18(19(23)30)27-28-21)24-15-6-4-3-5-14(15)22/h3-6,9-10H,7-8,11H2,1-2H3,(H2,23,30)(H2,24,25,26,28). The number of likely N-dealkylation sites (N-methyl/N-ethyl adjacent to an activating group) is 1. The van der Waals surface area contributed by atoms with Crippen LogP contribution in [0.1, 0.15) is 21.6 Å². The molecule has 2 heterocycles. The molecule has 0 bridgehead atoms. The number of nitrogens with zero attached hydrogens (tertiary/aromatic N) is 4. The fourth-order valence-corrected chi connectivity index (χ4v) is 3.62. The van der Waals surface area contributed by atoms with Gasteiger partial charge in [-0.3, -0.25) is 4.79 Å². The smallest absolute Gasteiger partial charge is 0.273 e. The van der Waals surface area contributed by atoms with Gasteiger partial charge in [0.1, 0.15) is 5.75 Å². The first-order chi connectivity index (χ1) is 14.9. The van der Waals surface area contributed by atoms with Gasteiger partial charge >= 0.3 is 0 Å². The van der Waals surface area contributed by atoms with Crippen LogP contribution in [0.2, 0.25) is 5.02 Å². The number of anilines is 4. The van der Waals surface area contributed by atoms with Gasteiger partial charge in [0.05, 0.1) is 23.5 Å². The lowest BCUT2D eigenvalue weighted by atomic mass is 9.99. The quantitative estimate of drug-likeness (QED) is 0.536. The summed E-state index contributed by atoms with van der Waals surface area (Å²) in [5, 5.41) is 14.6. The van der Waals surface area contributed by atoms with Crippen molar-refractivity contribution in [3.05, 3.63) is 58.2 Å². The molecule has 1 aromatic heterocycles. The predicted molar refractivity (Wildman–Crippen MR) is 119 cm³/mol. The molecule has 10 heteroatoms. The van der Waals surface area contributed by atoms with E-state index >= 15 is 0 Å². The second-order valence-corrected chi connectivity index (χ2v) is 7.64. The SMILES string of the molecule is COc1cc2c(cc1Nc1nnc(C(N)=O)c(Nc3ccccc3Cl)n1)CN(C)CC2. The number of para-hydroxylation sites is 1. The molecule has 31 heavy (non-hydrogen) atoms. The lowest BCUT2D eigenvalue weighted by Crippen LogP contribution is -2.26. The summed E-state index contributed by atoms with van der Waals surface area (Å²) in [5.74, 6) is 0.249. The summed E-state index contributed by atoms with van der Waals surface area (Å²) in [6.07, 6.45) is 0.958. The summed E-state index contributed by atoms with van der Waals surface area (Å²) in [6.45, 7) is 1.84. The Bertz CT molecular complexity index is 1140. The Hall–Kier alpha value is -3.43. The van der Waals surface area contributed by atoms with Crippen LogP contribution in [0.5, 0.6) is 5.75 Å². The molecule has 160 valence electrons. The van der Waals surface area contributed by atoms with E-state index in [4.69, 9.17) is 22.1 Å². The number of benzene rings is 2. The number of carbonyl (C=O) groups excluding carboxylic acids is 1. The van der Waals surface area contributed by atoms with Crippen molar-refractivity contribution in [3.8, 4) is 5.75 Å². The van der Waals surface area contributed by atoms with Crippen molar-refractivity contribution in [1.29, 1.82) is 0 Å².